The quantitative estimate of drug-likeness (QED) is 0.104. The van der Waals surface area contributed by atoms with Crippen LogP contribution in [0.3, 0.4) is 0 Å². The maximum absolute atomic E-state index is 12.6. The molecule has 8 N–H and O–H groups in total. The Kier molecular flexibility index (Phi) is 15.1. The van der Waals surface area contributed by atoms with Crippen LogP contribution in [0.5, 0.6) is 0 Å². The number of esters is 2. The summed E-state index contributed by atoms with van der Waals surface area (Å²) in [6.07, 6.45) is -11.1. The van der Waals surface area contributed by atoms with E-state index in [1.807, 2.05) is 6.92 Å². The van der Waals surface area contributed by atoms with Crippen LogP contribution in [0.15, 0.2) is 11.6 Å². The van der Waals surface area contributed by atoms with Crippen LogP contribution in [0.2, 0.25) is 0 Å². The smallest absolute Gasteiger partial charge is 0.331 e. The highest BCUT2D eigenvalue weighted by molar-refractivity contribution is 5.85. The number of hydrogen-bond acceptors (Lipinski definition) is 20. The SMILES string of the molecule is CC(=O)O[C@@H]1C[C@H](O[C@H]2[C@H](O)C[C@H](O[C@H]3[C@H](O)C[C@H](O[C@@H]4CC[C@]5(C)[C@@H](CC[C@@H]6[C@@H]5C[C@@H](O)[C@]5(C)[C@@H](C7=CC(=O)OC7)CC[C@@]65O)C4)O[C@@H]3C)O[C@@H]2C)O[C@H](C)[C@H]1O[C@H]1O[C@@H](CO)[C@H](O)[C@@H](O)[C@@H]1O. The summed E-state index contributed by atoms with van der Waals surface area (Å²) >= 11 is 0. The fourth-order valence-electron chi connectivity index (χ4n) is 14.6. The van der Waals surface area contributed by atoms with Crippen molar-refractivity contribution in [3.8, 4) is 0 Å². The molecule has 0 amide bonds. The molecule has 0 bridgehead atoms. The summed E-state index contributed by atoms with van der Waals surface area (Å²) in [5.74, 6) is -0.580. The summed E-state index contributed by atoms with van der Waals surface area (Å²) in [5, 5.41) is 88.1. The molecule has 0 aromatic heterocycles. The normalized spacial score (nSPS) is 53.3. The van der Waals surface area contributed by atoms with Gasteiger partial charge in [0.15, 0.2) is 25.2 Å². The molecule has 5 aliphatic heterocycles. The summed E-state index contributed by atoms with van der Waals surface area (Å²) in [5.41, 5.74) is -1.01. The highest BCUT2D eigenvalue weighted by Crippen LogP contribution is 2.70. The van der Waals surface area contributed by atoms with Gasteiger partial charge in [-0.1, -0.05) is 13.8 Å². The van der Waals surface area contributed by atoms with Gasteiger partial charge in [-0.25, -0.2) is 4.79 Å². The van der Waals surface area contributed by atoms with Gasteiger partial charge in [0.2, 0.25) is 0 Å². The number of rotatable bonds is 11. The lowest BCUT2D eigenvalue weighted by Gasteiger charge is -2.65. The van der Waals surface area contributed by atoms with Crippen molar-refractivity contribution in [3.05, 3.63) is 11.6 Å². The summed E-state index contributed by atoms with van der Waals surface area (Å²) in [4.78, 5) is 24.2. The third kappa shape index (κ3) is 9.48. The zero-order chi connectivity index (χ0) is 49.5. The average Bonchev–Trinajstić information content (AvgIpc) is 3.84. The first-order valence-corrected chi connectivity index (χ1v) is 25.3. The number of cyclic esters (lactones) is 1. The molecule has 0 radical (unpaired) electrons. The van der Waals surface area contributed by atoms with Crippen LogP contribution < -0.4 is 0 Å². The zero-order valence-corrected chi connectivity index (χ0v) is 40.5. The first-order chi connectivity index (χ1) is 32.6. The lowest BCUT2D eigenvalue weighted by molar-refractivity contribution is -0.355. The van der Waals surface area contributed by atoms with Crippen LogP contribution in [0.25, 0.3) is 0 Å². The Morgan fingerprint density at radius 1 is 0.710 bits per heavy atom. The minimum Gasteiger partial charge on any atom is -0.459 e. The van der Waals surface area contributed by atoms with E-state index in [1.165, 1.54) is 6.92 Å². The number of ether oxygens (including phenoxy) is 10. The number of aliphatic hydroxyl groups excluding tert-OH is 7. The molecule has 0 aromatic carbocycles. The summed E-state index contributed by atoms with van der Waals surface area (Å²) in [6, 6.07) is 0. The topological polar surface area (TPSA) is 288 Å². The van der Waals surface area contributed by atoms with Gasteiger partial charge in [0, 0.05) is 37.7 Å². The largest absolute Gasteiger partial charge is 0.459 e. The molecule has 392 valence electrons. The van der Waals surface area contributed by atoms with Gasteiger partial charge in [-0.3, -0.25) is 4.79 Å². The van der Waals surface area contributed by atoms with Crippen molar-refractivity contribution in [3.63, 3.8) is 0 Å². The van der Waals surface area contributed by atoms with Crippen LogP contribution in [-0.2, 0) is 57.0 Å². The van der Waals surface area contributed by atoms with Crippen LogP contribution in [0.1, 0.15) is 112 Å². The first kappa shape index (κ1) is 51.9. The van der Waals surface area contributed by atoms with Gasteiger partial charge < -0.3 is 88.2 Å². The van der Waals surface area contributed by atoms with E-state index in [2.05, 4.69) is 6.92 Å². The van der Waals surface area contributed by atoms with E-state index in [9.17, 15) is 50.4 Å². The van der Waals surface area contributed by atoms with Crippen LogP contribution in [0.4, 0.5) is 0 Å². The molecule has 4 saturated carbocycles. The van der Waals surface area contributed by atoms with Crippen LogP contribution >= 0.6 is 0 Å². The number of carbonyl (C=O) groups is 2. The van der Waals surface area contributed by atoms with Crippen molar-refractivity contribution < 1.29 is 97.8 Å². The first-order valence-electron chi connectivity index (χ1n) is 25.3. The number of fused-ring (bicyclic) bond motifs is 5. The number of aliphatic hydroxyl groups is 8. The summed E-state index contributed by atoms with van der Waals surface area (Å²) < 4.78 is 60.1. The number of hydrogen-bond donors (Lipinski definition) is 8. The third-order valence-electron chi connectivity index (χ3n) is 18.4. The van der Waals surface area contributed by atoms with Gasteiger partial charge in [0.1, 0.15) is 55.4 Å². The standard InChI is InChI=1S/C49H76O20/c1-21-43(67-38-17-32(53)44(22(2)62-38)68-39-18-33(64-24(4)51)45(23(3)63-39)69-46-42(58)41(57)40(56)34(19-50)66-46)31(52)16-37(61-21)65-27-9-11-47(5)26(14-27)7-8-29-30(47)15-35(54)48(6)28(10-12-49(29,48)59)25-13-36(55)60-20-25/h13,21-23,26-35,37-46,50,52-54,56-59H,7-12,14-20H2,1-6H3/t21-,22-,23-,26+,27-,28-,29-,30+,31-,32-,33-,34+,35-,37+,38+,39+,40+,41-,42+,43-,44-,45-,46-,47-,48+,49-/m1/s1. The molecule has 20 heteroatoms. The van der Waals surface area contributed by atoms with E-state index in [1.54, 1.807) is 26.8 Å². The molecule has 0 unspecified atom stereocenters. The Morgan fingerprint density at radius 3 is 1.93 bits per heavy atom. The highest BCUT2D eigenvalue weighted by atomic mass is 16.8. The van der Waals surface area contributed by atoms with Crippen molar-refractivity contribution >= 4 is 11.9 Å². The maximum atomic E-state index is 12.6. The van der Waals surface area contributed by atoms with Gasteiger partial charge >= 0.3 is 11.9 Å². The minimum atomic E-state index is -1.69. The van der Waals surface area contributed by atoms with E-state index in [-0.39, 0.29) is 61.1 Å². The average molecular weight is 985 g/mol. The molecular formula is C49H76O20. The van der Waals surface area contributed by atoms with Crippen molar-refractivity contribution in [1.29, 1.82) is 0 Å². The molecule has 26 atom stereocenters. The van der Waals surface area contributed by atoms with Crippen molar-refractivity contribution in [2.75, 3.05) is 13.2 Å². The Bertz CT molecular complexity index is 1850. The molecule has 69 heavy (non-hydrogen) atoms. The molecule has 4 saturated heterocycles. The zero-order valence-electron chi connectivity index (χ0n) is 40.5. The van der Waals surface area contributed by atoms with Crippen LogP contribution in [-0.4, -0.2) is 188 Å². The Labute approximate surface area is 402 Å². The summed E-state index contributed by atoms with van der Waals surface area (Å²) in [6.45, 7) is 10.3. The van der Waals surface area contributed by atoms with Gasteiger partial charge in [-0.05, 0) is 107 Å². The predicted molar refractivity (Wildman–Crippen MR) is 235 cm³/mol. The molecule has 0 spiro atoms. The van der Waals surface area contributed by atoms with Gasteiger partial charge in [0.25, 0.3) is 0 Å². The molecule has 5 heterocycles. The fraction of sp³-hybridized carbons (Fsp3) is 0.918. The second kappa shape index (κ2) is 20.0. The van der Waals surface area contributed by atoms with Crippen molar-refractivity contribution in [1.82, 2.24) is 0 Å². The lowest BCUT2D eigenvalue weighted by atomic mass is 9.42. The Hall–Kier alpha value is -1.96. The Balaban J connectivity index is 0.752. The molecule has 20 nitrogen and oxygen atoms in total. The van der Waals surface area contributed by atoms with E-state index >= 15 is 0 Å². The molecule has 0 aromatic rings. The van der Waals surface area contributed by atoms with Crippen molar-refractivity contribution in [2.24, 2.45) is 34.5 Å². The summed E-state index contributed by atoms with van der Waals surface area (Å²) in [7, 11) is 0. The van der Waals surface area contributed by atoms with Gasteiger partial charge in [0.05, 0.1) is 54.9 Å². The van der Waals surface area contributed by atoms with E-state index in [4.69, 9.17) is 47.4 Å². The lowest BCUT2D eigenvalue weighted by Crippen LogP contribution is -2.67. The van der Waals surface area contributed by atoms with Crippen LogP contribution in [0, 0.1) is 34.5 Å². The minimum absolute atomic E-state index is 0.00421. The molecule has 9 aliphatic rings. The second-order valence-corrected chi connectivity index (χ2v) is 22.2. The van der Waals surface area contributed by atoms with Gasteiger partial charge in [-0.2, -0.15) is 0 Å². The third-order valence-corrected chi connectivity index (χ3v) is 18.4. The molecular weight excluding hydrogens is 909 g/mol. The van der Waals surface area contributed by atoms with E-state index < -0.39 is 134 Å². The molecule has 4 aliphatic carbocycles. The highest BCUT2D eigenvalue weighted by Gasteiger charge is 2.71. The second-order valence-electron chi connectivity index (χ2n) is 22.2. The Morgan fingerprint density at radius 2 is 1.33 bits per heavy atom. The molecule has 8 fully saturated rings. The maximum Gasteiger partial charge on any atom is 0.331 e. The van der Waals surface area contributed by atoms with E-state index in [0.717, 1.165) is 37.7 Å². The fourth-order valence-corrected chi connectivity index (χ4v) is 14.6. The van der Waals surface area contributed by atoms with E-state index in [0.29, 0.717) is 25.2 Å². The van der Waals surface area contributed by atoms with Crippen molar-refractivity contribution in [2.45, 2.75) is 234 Å². The number of carbonyl (C=O) groups excluding carboxylic acids is 2. The molecule has 9 rings (SSSR count). The van der Waals surface area contributed by atoms with Gasteiger partial charge in [-0.15, -0.1) is 0 Å². The predicted octanol–water partition coefficient (Wildman–Crippen LogP) is 0.613. The monoisotopic (exact) mass is 984 g/mol.